The van der Waals surface area contributed by atoms with E-state index in [1.807, 2.05) is 55.5 Å². The number of hydrogen-bond acceptors (Lipinski definition) is 7. The van der Waals surface area contributed by atoms with E-state index in [9.17, 15) is 14.7 Å². The fourth-order valence-corrected chi connectivity index (χ4v) is 5.62. The summed E-state index contributed by atoms with van der Waals surface area (Å²) in [5.41, 5.74) is 4.25. The SMILES string of the molecule is COc1ccc(C(=O)Cc2cccc(C)n2)c(N2CCC(COc3cc(C(CC(=O)O)C4CC4)ccn3)CC2)c1. The van der Waals surface area contributed by atoms with Gasteiger partial charge in [-0.3, -0.25) is 14.6 Å². The van der Waals surface area contributed by atoms with Crippen molar-refractivity contribution in [2.45, 2.75) is 51.4 Å². The number of carbonyl (C=O) groups excluding carboxylic acids is 1. The molecule has 1 aliphatic carbocycles. The molecule has 2 aliphatic rings. The van der Waals surface area contributed by atoms with Gasteiger partial charge in [-0.2, -0.15) is 0 Å². The van der Waals surface area contributed by atoms with Gasteiger partial charge in [-0.15, -0.1) is 0 Å². The number of hydrogen-bond donors (Lipinski definition) is 1. The number of pyridine rings is 2. The van der Waals surface area contributed by atoms with E-state index in [2.05, 4.69) is 14.9 Å². The minimum absolute atomic E-state index is 0.0209. The molecule has 0 radical (unpaired) electrons. The lowest BCUT2D eigenvalue weighted by atomic mass is 9.92. The van der Waals surface area contributed by atoms with Crippen LogP contribution in [0.4, 0.5) is 5.69 Å². The Morgan fingerprint density at radius 3 is 2.58 bits per heavy atom. The van der Waals surface area contributed by atoms with E-state index in [-0.39, 0.29) is 24.5 Å². The quantitative estimate of drug-likeness (QED) is 0.300. The van der Waals surface area contributed by atoms with E-state index in [0.717, 1.165) is 67.2 Å². The summed E-state index contributed by atoms with van der Waals surface area (Å²) in [6.07, 6.45) is 6.13. The fourth-order valence-electron chi connectivity index (χ4n) is 5.62. The van der Waals surface area contributed by atoms with Crippen molar-refractivity contribution >= 4 is 17.4 Å². The van der Waals surface area contributed by atoms with Crippen molar-refractivity contribution in [3.05, 3.63) is 77.2 Å². The third-order valence-electron chi connectivity index (χ3n) is 7.99. The number of rotatable bonds is 12. The molecule has 3 aromatic rings. The molecule has 8 heteroatoms. The summed E-state index contributed by atoms with van der Waals surface area (Å²) in [5, 5.41) is 9.34. The highest BCUT2D eigenvalue weighted by molar-refractivity contribution is 6.02. The van der Waals surface area contributed by atoms with Crippen LogP contribution in [0.1, 0.15) is 65.3 Å². The zero-order valence-corrected chi connectivity index (χ0v) is 23.2. The van der Waals surface area contributed by atoms with Gasteiger partial charge >= 0.3 is 5.97 Å². The maximum absolute atomic E-state index is 13.3. The van der Waals surface area contributed by atoms with Crippen LogP contribution in [0.15, 0.2) is 54.7 Å². The second-order valence-corrected chi connectivity index (χ2v) is 11.0. The summed E-state index contributed by atoms with van der Waals surface area (Å²) in [7, 11) is 1.64. The number of Topliss-reactive ketones (excluding diaryl/α,β-unsaturated/α-hetero) is 1. The highest BCUT2D eigenvalue weighted by atomic mass is 16.5. The van der Waals surface area contributed by atoms with Gasteiger partial charge in [0.15, 0.2) is 5.78 Å². The third kappa shape index (κ3) is 6.97. The second-order valence-electron chi connectivity index (χ2n) is 11.0. The number of anilines is 1. The topological polar surface area (TPSA) is 102 Å². The molecule has 1 aliphatic heterocycles. The molecule has 0 bridgehead atoms. The number of aliphatic carboxylic acids is 1. The largest absolute Gasteiger partial charge is 0.497 e. The Hall–Kier alpha value is -3.94. The van der Waals surface area contributed by atoms with E-state index in [0.29, 0.717) is 29.9 Å². The number of methoxy groups -OCH3 is 1. The van der Waals surface area contributed by atoms with Gasteiger partial charge in [-0.05, 0) is 86.3 Å². The summed E-state index contributed by atoms with van der Waals surface area (Å²) < 4.78 is 11.6. The average molecular weight is 544 g/mol. The number of benzene rings is 1. The normalized spacial score (nSPS) is 16.4. The molecule has 0 spiro atoms. The van der Waals surface area contributed by atoms with Crippen molar-refractivity contribution in [1.82, 2.24) is 9.97 Å². The molecule has 1 unspecified atom stereocenters. The zero-order chi connectivity index (χ0) is 28.1. The van der Waals surface area contributed by atoms with Crippen molar-refractivity contribution in [1.29, 1.82) is 0 Å². The van der Waals surface area contributed by atoms with Crippen LogP contribution in [0.3, 0.4) is 0 Å². The molecule has 0 amide bonds. The van der Waals surface area contributed by atoms with Crippen molar-refractivity contribution in [2.24, 2.45) is 11.8 Å². The van der Waals surface area contributed by atoms with Gasteiger partial charge in [0.05, 0.1) is 32.2 Å². The van der Waals surface area contributed by atoms with Crippen molar-refractivity contribution < 1.29 is 24.2 Å². The second kappa shape index (κ2) is 12.5. The highest BCUT2D eigenvalue weighted by Crippen LogP contribution is 2.45. The van der Waals surface area contributed by atoms with E-state index in [4.69, 9.17) is 9.47 Å². The first-order valence-corrected chi connectivity index (χ1v) is 14.1. The van der Waals surface area contributed by atoms with Crippen LogP contribution in [0.5, 0.6) is 11.6 Å². The van der Waals surface area contributed by atoms with E-state index in [1.54, 1.807) is 13.3 Å². The standard InChI is InChI=1S/C32H37N3O5/c1-21-4-3-5-25(34-21)17-30(36)27-9-8-26(39-2)18-29(27)35-14-11-22(12-15-35)20-40-31-16-24(10-13-33-31)28(19-32(37)38)23-6-7-23/h3-5,8-10,13,16,18,22-23,28H,6-7,11-12,14-15,17,19-20H2,1-2H3,(H,37,38). The van der Waals surface area contributed by atoms with Gasteiger partial charge in [-0.1, -0.05) is 6.07 Å². The molecular weight excluding hydrogens is 506 g/mol. The molecular formula is C32H37N3O5. The Balaban J connectivity index is 1.20. The highest BCUT2D eigenvalue weighted by Gasteiger charge is 2.34. The lowest BCUT2D eigenvalue weighted by molar-refractivity contribution is -0.137. The van der Waals surface area contributed by atoms with Crippen molar-refractivity contribution in [3.8, 4) is 11.6 Å². The number of carboxylic acids is 1. The summed E-state index contributed by atoms with van der Waals surface area (Å²) in [4.78, 5) is 35.8. The molecule has 5 rings (SSSR count). The maximum atomic E-state index is 13.3. The molecule has 1 N–H and O–H groups in total. The first-order valence-electron chi connectivity index (χ1n) is 14.1. The predicted molar refractivity (Wildman–Crippen MR) is 152 cm³/mol. The molecule has 1 aromatic carbocycles. The van der Waals surface area contributed by atoms with Crippen LogP contribution in [0, 0.1) is 18.8 Å². The lowest BCUT2D eigenvalue weighted by Gasteiger charge is -2.34. The molecule has 210 valence electrons. The van der Waals surface area contributed by atoms with Gasteiger partial charge in [0.25, 0.3) is 0 Å². The number of carbonyl (C=O) groups is 2. The van der Waals surface area contributed by atoms with Gasteiger partial charge in [0, 0.05) is 48.4 Å². The summed E-state index contributed by atoms with van der Waals surface area (Å²) in [6, 6.07) is 15.2. The van der Waals surface area contributed by atoms with Gasteiger partial charge in [0.2, 0.25) is 5.88 Å². The molecule has 1 saturated heterocycles. The molecule has 1 atom stereocenters. The summed E-state index contributed by atoms with van der Waals surface area (Å²) in [5.74, 6) is 1.38. The molecule has 8 nitrogen and oxygen atoms in total. The Bertz CT molecular complexity index is 1350. The Morgan fingerprint density at radius 2 is 1.88 bits per heavy atom. The van der Waals surface area contributed by atoms with Gasteiger partial charge in [-0.25, -0.2) is 4.98 Å². The Kier molecular flexibility index (Phi) is 8.63. The van der Waals surface area contributed by atoms with Crippen molar-refractivity contribution in [2.75, 3.05) is 31.7 Å². The lowest BCUT2D eigenvalue weighted by Crippen LogP contribution is -2.36. The molecule has 2 fully saturated rings. The van der Waals surface area contributed by atoms with Crippen LogP contribution < -0.4 is 14.4 Å². The monoisotopic (exact) mass is 543 g/mol. The number of ether oxygens (including phenoxy) is 2. The van der Waals surface area contributed by atoms with Gasteiger partial charge in [0.1, 0.15) is 5.75 Å². The Labute approximate surface area is 235 Å². The van der Waals surface area contributed by atoms with Crippen LogP contribution >= 0.6 is 0 Å². The van der Waals surface area contributed by atoms with E-state index < -0.39 is 5.97 Å². The molecule has 1 saturated carbocycles. The first kappa shape index (κ1) is 27.6. The smallest absolute Gasteiger partial charge is 0.303 e. The number of nitrogens with zero attached hydrogens (tertiary/aromatic N) is 3. The molecule has 3 heterocycles. The van der Waals surface area contributed by atoms with Gasteiger partial charge < -0.3 is 19.5 Å². The Morgan fingerprint density at radius 1 is 1.07 bits per heavy atom. The fraction of sp³-hybridized carbons (Fsp3) is 0.438. The predicted octanol–water partition coefficient (Wildman–Crippen LogP) is 5.48. The maximum Gasteiger partial charge on any atom is 0.303 e. The van der Waals surface area contributed by atoms with E-state index in [1.165, 1.54) is 0 Å². The number of ketones is 1. The van der Waals surface area contributed by atoms with Crippen LogP contribution in [0.2, 0.25) is 0 Å². The summed E-state index contributed by atoms with van der Waals surface area (Å²) >= 11 is 0. The van der Waals surface area contributed by atoms with Crippen LogP contribution in [-0.2, 0) is 11.2 Å². The van der Waals surface area contributed by atoms with Crippen molar-refractivity contribution in [3.63, 3.8) is 0 Å². The third-order valence-corrected chi connectivity index (χ3v) is 7.99. The number of aromatic nitrogens is 2. The molecule has 2 aromatic heterocycles. The van der Waals surface area contributed by atoms with Crippen LogP contribution in [0.25, 0.3) is 0 Å². The number of carboxylic acid groups (broad SMARTS) is 1. The first-order chi connectivity index (χ1) is 19.4. The minimum atomic E-state index is -0.768. The minimum Gasteiger partial charge on any atom is -0.497 e. The zero-order valence-electron chi connectivity index (χ0n) is 23.2. The summed E-state index contributed by atoms with van der Waals surface area (Å²) in [6.45, 7) is 4.10. The van der Waals surface area contributed by atoms with E-state index >= 15 is 0 Å². The number of piperidine rings is 1. The van der Waals surface area contributed by atoms with Crippen LogP contribution in [-0.4, -0.2) is 53.6 Å². The molecule has 40 heavy (non-hydrogen) atoms. The number of aryl methyl sites for hydroxylation is 1. The average Bonchev–Trinajstić information content (AvgIpc) is 3.80.